The van der Waals surface area contributed by atoms with Crippen LogP contribution in [0.25, 0.3) is 0 Å². The van der Waals surface area contributed by atoms with Crippen molar-refractivity contribution in [3.05, 3.63) is 64.9 Å². The lowest BCUT2D eigenvalue weighted by molar-refractivity contribution is -0.733. The molecule has 1 atom stereocenters. The largest absolute Gasteiger partial charge is 0.395 e. The van der Waals surface area contributed by atoms with Gasteiger partial charge < -0.3 is 15.2 Å². The van der Waals surface area contributed by atoms with Gasteiger partial charge in [-0.1, -0.05) is 36.2 Å². The van der Waals surface area contributed by atoms with E-state index in [9.17, 15) is 9.59 Å². The predicted octanol–water partition coefficient (Wildman–Crippen LogP) is 2.25. The van der Waals surface area contributed by atoms with Gasteiger partial charge in [0.05, 0.1) is 6.61 Å². The predicted molar refractivity (Wildman–Crippen MR) is 116 cm³/mol. The summed E-state index contributed by atoms with van der Waals surface area (Å²) in [6.45, 7) is 0.538. The molecule has 0 radical (unpaired) electrons. The molecule has 1 aliphatic carbocycles. The molecule has 0 aliphatic heterocycles. The molecule has 1 aliphatic rings. The van der Waals surface area contributed by atoms with Gasteiger partial charge >= 0.3 is 0 Å². The molecule has 1 heterocycles. The summed E-state index contributed by atoms with van der Waals surface area (Å²) >= 11 is 6.49. The SMILES string of the molecule is CN(COC[n+]1cccc(C(=O)NCCO)c1)C1(c2ccccc2Cl)CCCCC1=O. The number of nitrogens with zero attached hydrogens (tertiary/aromatic N) is 2. The standard InChI is InChI=1S/C23H28ClN3O4/c1-26(16-31-17-27-13-6-7-18(15-27)22(30)25-12-14-28)23(11-5-4-10-21(23)29)19-8-2-3-9-20(19)24/h2-3,6-9,13,15,28H,4-5,10-12,14,16-17H2,1H3/p+1. The topological polar surface area (TPSA) is 82.8 Å². The molecule has 1 saturated carbocycles. The van der Waals surface area contributed by atoms with Crippen LogP contribution in [0.2, 0.25) is 5.02 Å². The fourth-order valence-corrected chi connectivity index (χ4v) is 4.40. The first kappa shape index (κ1) is 23.3. The minimum absolute atomic E-state index is 0.111. The summed E-state index contributed by atoms with van der Waals surface area (Å²) in [5, 5.41) is 12.1. The Morgan fingerprint density at radius 1 is 1.29 bits per heavy atom. The number of aliphatic hydroxyl groups excluding tert-OH is 1. The van der Waals surface area contributed by atoms with E-state index in [1.807, 2.05) is 36.2 Å². The zero-order chi connectivity index (χ0) is 22.3. The first-order valence-corrected chi connectivity index (χ1v) is 10.8. The van der Waals surface area contributed by atoms with Gasteiger partial charge in [-0.05, 0) is 37.6 Å². The Morgan fingerprint density at radius 3 is 2.84 bits per heavy atom. The number of ketones is 1. The number of halogens is 1. The van der Waals surface area contributed by atoms with E-state index in [0.29, 0.717) is 23.4 Å². The van der Waals surface area contributed by atoms with Crippen LogP contribution in [0.3, 0.4) is 0 Å². The first-order chi connectivity index (χ1) is 15.0. The van der Waals surface area contributed by atoms with Gasteiger partial charge in [-0.25, -0.2) is 0 Å². The maximum absolute atomic E-state index is 13.1. The van der Waals surface area contributed by atoms with E-state index in [-0.39, 0.29) is 38.3 Å². The fourth-order valence-electron chi connectivity index (χ4n) is 4.10. The summed E-state index contributed by atoms with van der Waals surface area (Å²) < 4.78 is 7.66. The second kappa shape index (κ2) is 10.8. The Kier molecular flexibility index (Phi) is 8.15. The van der Waals surface area contributed by atoms with Gasteiger partial charge in [-0.3, -0.25) is 14.5 Å². The van der Waals surface area contributed by atoms with E-state index in [1.54, 1.807) is 29.1 Å². The number of ether oxygens (including phenoxy) is 1. The zero-order valence-corrected chi connectivity index (χ0v) is 18.5. The number of aromatic nitrogens is 1. The van der Waals surface area contributed by atoms with Crippen molar-refractivity contribution in [1.29, 1.82) is 0 Å². The lowest BCUT2D eigenvalue weighted by atomic mass is 9.74. The molecular formula is C23H29ClN3O4+. The molecule has 1 fully saturated rings. The first-order valence-electron chi connectivity index (χ1n) is 10.4. The van der Waals surface area contributed by atoms with Crippen LogP contribution in [0, 0.1) is 0 Å². The third kappa shape index (κ3) is 5.30. The molecule has 0 saturated heterocycles. The summed E-state index contributed by atoms with van der Waals surface area (Å²) in [6.07, 6.45) is 6.54. The van der Waals surface area contributed by atoms with Crippen LogP contribution >= 0.6 is 11.6 Å². The van der Waals surface area contributed by atoms with Crippen LogP contribution in [0.4, 0.5) is 0 Å². The smallest absolute Gasteiger partial charge is 0.257 e. The minimum Gasteiger partial charge on any atom is -0.395 e. The van der Waals surface area contributed by atoms with E-state index in [0.717, 1.165) is 18.4 Å². The van der Waals surface area contributed by atoms with E-state index in [4.69, 9.17) is 21.4 Å². The van der Waals surface area contributed by atoms with Crippen molar-refractivity contribution in [2.75, 3.05) is 26.9 Å². The van der Waals surface area contributed by atoms with Crippen LogP contribution in [0.1, 0.15) is 41.6 Å². The van der Waals surface area contributed by atoms with Crippen molar-refractivity contribution < 1.29 is 24.0 Å². The number of pyridine rings is 1. The summed E-state index contributed by atoms with van der Waals surface area (Å²) in [5.41, 5.74) is 0.499. The molecule has 2 aromatic rings. The van der Waals surface area contributed by atoms with Gasteiger partial charge in [-0.2, -0.15) is 4.57 Å². The van der Waals surface area contributed by atoms with E-state index in [2.05, 4.69) is 5.32 Å². The number of rotatable bonds is 9. The highest BCUT2D eigenvalue weighted by Gasteiger charge is 2.46. The van der Waals surface area contributed by atoms with Crippen LogP contribution in [-0.2, 0) is 21.8 Å². The summed E-state index contributed by atoms with van der Waals surface area (Å²) in [6, 6.07) is 11.0. The van der Waals surface area contributed by atoms with E-state index < -0.39 is 5.54 Å². The van der Waals surface area contributed by atoms with Gasteiger partial charge in [0.2, 0.25) is 0 Å². The van der Waals surface area contributed by atoms with Crippen LogP contribution < -0.4 is 9.88 Å². The molecule has 1 aromatic carbocycles. The Bertz CT molecular complexity index is 923. The van der Waals surface area contributed by atoms with Gasteiger partial charge in [0, 0.05) is 24.1 Å². The summed E-state index contributed by atoms with van der Waals surface area (Å²) in [4.78, 5) is 27.1. The number of carbonyl (C=O) groups excluding carboxylic acids is 2. The Balaban J connectivity index is 1.70. The van der Waals surface area contributed by atoms with Crippen molar-refractivity contribution in [1.82, 2.24) is 10.2 Å². The molecule has 1 amide bonds. The number of aliphatic hydroxyl groups is 1. The van der Waals surface area contributed by atoms with E-state index >= 15 is 0 Å². The van der Waals surface area contributed by atoms with Crippen molar-refractivity contribution in [3.63, 3.8) is 0 Å². The average molecular weight is 447 g/mol. The van der Waals surface area contributed by atoms with Crippen LogP contribution in [0.5, 0.6) is 0 Å². The van der Waals surface area contributed by atoms with Crippen LogP contribution in [0.15, 0.2) is 48.8 Å². The highest BCUT2D eigenvalue weighted by Crippen LogP contribution is 2.42. The van der Waals surface area contributed by atoms with Crippen molar-refractivity contribution >= 4 is 23.3 Å². The number of carbonyl (C=O) groups is 2. The molecule has 8 heteroatoms. The number of likely N-dealkylation sites (N-methyl/N-ethyl adjacent to an activating group) is 1. The second-order valence-electron chi connectivity index (χ2n) is 7.72. The normalized spacial score (nSPS) is 18.9. The highest BCUT2D eigenvalue weighted by atomic mass is 35.5. The summed E-state index contributed by atoms with van der Waals surface area (Å²) in [7, 11) is 1.88. The molecule has 2 N–H and O–H groups in total. The molecule has 7 nitrogen and oxygen atoms in total. The van der Waals surface area contributed by atoms with Gasteiger partial charge in [0.1, 0.15) is 17.8 Å². The molecule has 166 valence electrons. The molecule has 0 spiro atoms. The quantitative estimate of drug-likeness (QED) is 0.456. The van der Waals surface area contributed by atoms with E-state index in [1.165, 1.54) is 0 Å². The molecular weight excluding hydrogens is 418 g/mol. The number of hydrogen-bond acceptors (Lipinski definition) is 5. The number of amides is 1. The third-order valence-electron chi connectivity index (χ3n) is 5.67. The van der Waals surface area contributed by atoms with Gasteiger partial charge in [0.15, 0.2) is 18.2 Å². The average Bonchev–Trinajstić information content (AvgIpc) is 2.78. The Morgan fingerprint density at radius 2 is 2.10 bits per heavy atom. The zero-order valence-electron chi connectivity index (χ0n) is 17.7. The monoisotopic (exact) mass is 446 g/mol. The number of benzene rings is 1. The lowest BCUT2D eigenvalue weighted by Gasteiger charge is -2.43. The maximum atomic E-state index is 13.1. The van der Waals surface area contributed by atoms with Crippen molar-refractivity contribution in [2.24, 2.45) is 0 Å². The molecule has 1 unspecified atom stereocenters. The maximum Gasteiger partial charge on any atom is 0.257 e. The molecule has 31 heavy (non-hydrogen) atoms. The molecule has 3 rings (SSSR count). The van der Waals surface area contributed by atoms with Crippen molar-refractivity contribution in [3.8, 4) is 0 Å². The third-order valence-corrected chi connectivity index (χ3v) is 6.00. The van der Waals surface area contributed by atoms with Crippen molar-refractivity contribution in [2.45, 2.75) is 38.0 Å². The van der Waals surface area contributed by atoms with Gasteiger partial charge in [-0.15, -0.1) is 0 Å². The fraction of sp³-hybridized carbons (Fsp3) is 0.435. The Hall–Kier alpha value is -2.32. The molecule has 1 aromatic heterocycles. The highest BCUT2D eigenvalue weighted by molar-refractivity contribution is 6.31. The lowest BCUT2D eigenvalue weighted by Crippen LogP contribution is -2.53. The second-order valence-corrected chi connectivity index (χ2v) is 8.12. The minimum atomic E-state index is -0.798. The number of hydrogen-bond donors (Lipinski definition) is 2. The molecule has 0 bridgehead atoms. The van der Waals surface area contributed by atoms with Gasteiger partial charge in [0.25, 0.3) is 12.6 Å². The number of Topliss-reactive ketones (excluding diaryl/α,β-unsaturated/α-hetero) is 1. The summed E-state index contributed by atoms with van der Waals surface area (Å²) in [5.74, 6) is -0.0980. The van der Waals surface area contributed by atoms with Crippen LogP contribution in [-0.4, -0.2) is 48.6 Å². The number of nitrogens with one attached hydrogen (secondary N) is 1. The Labute approximate surface area is 187 Å².